The Labute approximate surface area is 266 Å². The fourth-order valence-corrected chi connectivity index (χ4v) is 5.98. The number of carbonyl (C=O) groups excluding carboxylic acids is 2. The van der Waals surface area contributed by atoms with Gasteiger partial charge in [0.25, 0.3) is 0 Å². The second kappa shape index (κ2) is 12.0. The zero-order valence-electron chi connectivity index (χ0n) is 26.9. The van der Waals surface area contributed by atoms with Crippen LogP contribution in [0.25, 0.3) is 28.1 Å². The fourth-order valence-electron chi connectivity index (χ4n) is 5.98. The van der Waals surface area contributed by atoms with Crippen LogP contribution in [0.1, 0.15) is 65.5 Å². The van der Waals surface area contributed by atoms with Gasteiger partial charge in [-0.05, 0) is 76.1 Å². The molecule has 1 aromatic carbocycles. The maximum atomic E-state index is 14.1. The van der Waals surface area contributed by atoms with Crippen LogP contribution in [0.4, 0.5) is 0 Å². The molecule has 46 heavy (non-hydrogen) atoms. The number of ether oxygens (including phenoxy) is 2. The van der Waals surface area contributed by atoms with Gasteiger partial charge in [0.2, 0.25) is 0 Å². The number of aryl methyl sites for hydroxylation is 1. The smallest absolute Gasteiger partial charge is 0.357 e. The molecule has 1 fully saturated rings. The van der Waals surface area contributed by atoms with Crippen molar-refractivity contribution in [2.24, 2.45) is 7.05 Å². The van der Waals surface area contributed by atoms with Crippen molar-refractivity contribution >= 4 is 23.1 Å². The molecule has 1 unspecified atom stereocenters. The molecule has 0 saturated carbocycles. The minimum atomic E-state index is -0.597. The number of rotatable bonds is 7. The van der Waals surface area contributed by atoms with Crippen LogP contribution in [0.15, 0.2) is 65.8 Å². The minimum absolute atomic E-state index is 0.0973. The Hall–Kier alpha value is -5.10. The Morgan fingerprint density at radius 1 is 1.02 bits per heavy atom. The molecule has 0 amide bonds. The highest BCUT2D eigenvalue weighted by Crippen LogP contribution is 2.28. The number of hydrogen-bond donors (Lipinski definition) is 0. The van der Waals surface area contributed by atoms with Gasteiger partial charge in [-0.25, -0.2) is 24.4 Å². The molecule has 1 aliphatic heterocycles. The number of fused-ring (bicyclic) bond motifs is 1. The maximum Gasteiger partial charge on any atom is 0.357 e. The lowest BCUT2D eigenvalue weighted by molar-refractivity contribution is 0.00581. The highest BCUT2D eigenvalue weighted by molar-refractivity contribution is 5.90. The van der Waals surface area contributed by atoms with E-state index in [1.807, 2.05) is 65.1 Å². The predicted molar refractivity (Wildman–Crippen MR) is 172 cm³/mol. The Bertz CT molecular complexity index is 2000. The van der Waals surface area contributed by atoms with Crippen molar-refractivity contribution in [2.75, 3.05) is 20.2 Å². The van der Waals surface area contributed by atoms with Crippen molar-refractivity contribution < 1.29 is 19.1 Å². The van der Waals surface area contributed by atoms with Gasteiger partial charge < -0.3 is 14.0 Å². The first-order chi connectivity index (χ1) is 21.9. The van der Waals surface area contributed by atoms with Gasteiger partial charge in [0.15, 0.2) is 5.65 Å². The average molecular weight is 624 g/mol. The first-order valence-corrected chi connectivity index (χ1v) is 15.1. The van der Waals surface area contributed by atoms with Crippen molar-refractivity contribution in [1.29, 1.82) is 0 Å². The lowest BCUT2D eigenvalue weighted by atomic mass is 10.0. The van der Waals surface area contributed by atoms with Crippen LogP contribution in [0.3, 0.4) is 0 Å². The van der Waals surface area contributed by atoms with E-state index in [-0.39, 0.29) is 11.7 Å². The molecule has 0 bridgehead atoms. The van der Waals surface area contributed by atoms with Gasteiger partial charge in [-0.3, -0.25) is 19.0 Å². The Balaban J connectivity index is 1.24. The number of esters is 2. The van der Waals surface area contributed by atoms with E-state index in [4.69, 9.17) is 9.47 Å². The molecule has 0 aliphatic carbocycles. The molecule has 12 heteroatoms. The van der Waals surface area contributed by atoms with Crippen LogP contribution in [0, 0.1) is 6.92 Å². The second-order valence-electron chi connectivity index (χ2n) is 12.6. The normalized spacial score (nSPS) is 15.4. The van der Waals surface area contributed by atoms with Crippen LogP contribution in [0.5, 0.6) is 0 Å². The fraction of sp³-hybridized carbons (Fsp3) is 0.353. The van der Waals surface area contributed by atoms with Crippen LogP contribution in [-0.2, 0) is 23.1 Å². The monoisotopic (exact) mass is 623 g/mol. The minimum Gasteiger partial charge on any atom is -0.465 e. The standard InChI is InChI=1S/C34H37N7O5/c1-21-16-22(31(42)45-6)9-11-25(21)26-12-10-23(17-36-26)40-27-8-7-14-35-30(27)41(33(40)44)24-13-15-39(19-24)20-29-37-18-28(38(29)5)32(43)46-34(2,3)4/h7-12,14,16-18,24H,13,15,19-20H2,1-6H3. The van der Waals surface area contributed by atoms with Crippen molar-refractivity contribution in [3.8, 4) is 16.9 Å². The van der Waals surface area contributed by atoms with Crippen molar-refractivity contribution in [2.45, 2.75) is 52.3 Å². The van der Waals surface area contributed by atoms with Gasteiger partial charge >= 0.3 is 17.6 Å². The first-order valence-electron chi connectivity index (χ1n) is 15.1. The van der Waals surface area contributed by atoms with E-state index in [0.29, 0.717) is 41.2 Å². The molecule has 1 atom stereocenters. The van der Waals surface area contributed by atoms with Gasteiger partial charge in [0.05, 0.1) is 54.6 Å². The highest BCUT2D eigenvalue weighted by Gasteiger charge is 2.30. The van der Waals surface area contributed by atoms with Crippen LogP contribution >= 0.6 is 0 Å². The number of carbonyl (C=O) groups is 2. The third kappa shape index (κ3) is 5.83. The van der Waals surface area contributed by atoms with Gasteiger partial charge in [0.1, 0.15) is 17.1 Å². The van der Waals surface area contributed by atoms with Crippen LogP contribution in [-0.4, -0.2) is 71.3 Å². The summed E-state index contributed by atoms with van der Waals surface area (Å²) in [5.74, 6) is -0.0555. The summed E-state index contributed by atoms with van der Waals surface area (Å²) in [5, 5.41) is 0. The Morgan fingerprint density at radius 3 is 2.52 bits per heavy atom. The zero-order chi connectivity index (χ0) is 32.7. The van der Waals surface area contributed by atoms with Gasteiger partial charge in [-0.1, -0.05) is 6.07 Å². The predicted octanol–water partition coefficient (Wildman–Crippen LogP) is 4.48. The summed E-state index contributed by atoms with van der Waals surface area (Å²) in [5.41, 5.74) is 4.53. The molecular weight excluding hydrogens is 586 g/mol. The van der Waals surface area contributed by atoms with E-state index in [2.05, 4.69) is 19.9 Å². The summed E-state index contributed by atoms with van der Waals surface area (Å²) < 4.78 is 15.6. The van der Waals surface area contributed by atoms with Crippen LogP contribution in [0.2, 0.25) is 0 Å². The number of aromatic nitrogens is 6. The average Bonchev–Trinajstić information content (AvgIpc) is 3.71. The third-order valence-electron chi connectivity index (χ3n) is 8.23. The number of pyridine rings is 2. The molecule has 4 aromatic heterocycles. The number of imidazole rings is 2. The SMILES string of the molecule is COC(=O)c1ccc(-c2ccc(-n3c(=O)n(C4CCN(Cc5ncc(C(=O)OC(C)(C)C)n5C)C4)c4ncccc43)cn2)c(C)c1. The quantitative estimate of drug-likeness (QED) is 0.241. The lowest BCUT2D eigenvalue weighted by Gasteiger charge is -2.20. The zero-order valence-corrected chi connectivity index (χ0v) is 26.9. The number of methoxy groups -OCH3 is 1. The van der Waals surface area contributed by atoms with E-state index < -0.39 is 17.5 Å². The van der Waals surface area contributed by atoms with Crippen molar-refractivity contribution in [3.05, 3.63) is 94.2 Å². The molecule has 5 heterocycles. The Morgan fingerprint density at radius 2 is 1.83 bits per heavy atom. The van der Waals surface area contributed by atoms with E-state index >= 15 is 0 Å². The lowest BCUT2D eigenvalue weighted by Crippen LogP contribution is -2.29. The maximum absolute atomic E-state index is 14.1. The van der Waals surface area contributed by atoms with E-state index in [0.717, 1.165) is 35.6 Å². The summed E-state index contributed by atoms with van der Waals surface area (Å²) in [7, 11) is 3.17. The number of hydrogen-bond acceptors (Lipinski definition) is 9. The molecule has 238 valence electrons. The molecular formula is C34H37N7O5. The van der Waals surface area contributed by atoms with Crippen molar-refractivity contribution in [3.63, 3.8) is 0 Å². The summed E-state index contributed by atoms with van der Waals surface area (Å²) in [6.45, 7) is 9.34. The van der Waals surface area contributed by atoms with E-state index in [9.17, 15) is 14.4 Å². The third-order valence-corrected chi connectivity index (χ3v) is 8.23. The molecule has 0 radical (unpaired) electrons. The van der Waals surface area contributed by atoms with Crippen LogP contribution < -0.4 is 5.69 Å². The number of nitrogens with zero attached hydrogens (tertiary/aromatic N) is 7. The molecule has 1 aliphatic rings. The number of likely N-dealkylation sites (tertiary alicyclic amines) is 1. The van der Waals surface area contributed by atoms with Gasteiger partial charge in [-0.2, -0.15) is 0 Å². The summed E-state index contributed by atoms with van der Waals surface area (Å²) >= 11 is 0. The molecule has 0 N–H and O–H groups in total. The topological polar surface area (TPSA) is 126 Å². The summed E-state index contributed by atoms with van der Waals surface area (Å²) in [6.07, 6.45) is 5.70. The van der Waals surface area contributed by atoms with Gasteiger partial charge in [-0.15, -0.1) is 0 Å². The summed E-state index contributed by atoms with van der Waals surface area (Å²) in [4.78, 5) is 54.6. The van der Waals surface area contributed by atoms with E-state index in [1.54, 1.807) is 44.4 Å². The molecule has 6 rings (SSSR count). The van der Waals surface area contributed by atoms with Gasteiger partial charge in [0, 0.05) is 31.9 Å². The molecule has 12 nitrogen and oxygen atoms in total. The Kier molecular flexibility index (Phi) is 8.07. The highest BCUT2D eigenvalue weighted by atomic mass is 16.6. The van der Waals surface area contributed by atoms with E-state index in [1.165, 1.54) is 7.11 Å². The largest absolute Gasteiger partial charge is 0.465 e. The van der Waals surface area contributed by atoms with Crippen molar-refractivity contribution in [1.82, 2.24) is 33.6 Å². The summed E-state index contributed by atoms with van der Waals surface area (Å²) in [6, 6.07) is 12.7. The number of benzene rings is 1. The molecule has 1 saturated heterocycles. The molecule has 0 spiro atoms. The second-order valence-corrected chi connectivity index (χ2v) is 12.6. The molecule has 5 aromatic rings. The first kappa shape index (κ1) is 30.9.